The Labute approximate surface area is 216 Å². The molecule has 6 nitrogen and oxygen atoms in total. The predicted octanol–water partition coefficient (Wildman–Crippen LogP) is 6.40. The van der Waals surface area contributed by atoms with Crippen LogP contribution in [0.5, 0.6) is 5.75 Å². The average Bonchev–Trinajstić information content (AvgIpc) is 3.26. The van der Waals surface area contributed by atoms with Crippen LogP contribution in [0.3, 0.4) is 0 Å². The van der Waals surface area contributed by atoms with Gasteiger partial charge in [0.2, 0.25) is 5.91 Å². The van der Waals surface area contributed by atoms with Crippen molar-refractivity contribution in [2.24, 2.45) is 0 Å². The molecule has 2 aromatic heterocycles. The molecule has 0 fully saturated rings. The first-order valence-corrected chi connectivity index (χ1v) is 13.0. The Morgan fingerprint density at radius 2 is 2.06 bits per heavy atom. The van der Waals surface area contributed by atoms with Gasteiger partial charge in [-0.25, -0.2) is 4.98 Å². The number of rotatable bonds is 8. The molecule has 0 saturated heterocycles. The molecular weight excluding hydrogens is 502 g/mol. The molecule has 0 aliphatic rings. The van der Waals surface area contributed by atoms with Crippen LogP contribution in [0.15, 0.2) is 70.5 Å². The first-order valence-electron chi connectivity index (χ1n) is 10.8. The van der Waals surface area contributed by atoms with Gasteiger partial charge in [0.05, 0.1) is 23.4 Å². The van der Waals surface area contributed by atoms with Gasteiger partial charge in [-0.05, 0) is 37.6 Å². The number of hydrogen-bond donors (Lipinski definition) is 1. The van der Waals surface area contributed by atoms with E-state index in [0.29, 0.717) is 31.8 Å². The first-order chi connectivity index (χ1) is 16.8. The van der Waals surface area contributed by atoms with Crippen LogP contribution in [0, 0.1) is 6.92 Å². The highest BCUT2D eigenvalue weighted by Crippen LogP contribution is 2.34. The first kappa shape index (κ1) is 25.0. The number of methoxy groups -OCH3 is 1. The van der Waals surface area contributed by atoms with E-state index >= 15 is 0 Å². The van der Waals surface area contributed by atoms with Crippen molar-refractivity contribution < 1.29 is 9.53 Å². The SMILES string of the molecule is C=CCn1c(SC(C)C(=O)Nc2cc(Cl)ccc2OC)nc2scc(-c3ccc(C)cc3)c2c1=O. The average molecular weight is 526 g/mol. The Hall–Kier alpha value is -3.07. The number of fused-ring (bicyclic) bond motifs is 1. The zero-order valence-electron chi connectivity index (χ0n) is 19.5. The number of thioether (sulfide) groups is 1. The smallest absolute Gasteiger partial charge is 0.263 e. The van der Waals surface area contributed by atoms with E-state index in [-0.39, 0.29) is 18.0 Å². The van der Waals surface area contributed by atoms with Gasteiger partial charge < -0.3 is 10.1 Å². The number of nitrogens with zero attached hydrogens (tertiary/aromatic N) is 2. The summed E-state index contributed by atoms with van der Waals surface area (Å²) in [6.07, 6.45) is 1.65. The predicted molar refractivity (Wildman–Crippen MR) is 146 cm³/mol. The van der Waals surface area contributed by atoms with E-state index in [1.807, 2.05) is 36.6 Å². The summed E-state index contributed by atoms with van der Waals surface area (Å²) >= 11 is 8.71. The molecule has 4 rings (SSSR count). The van der Waals surface area contributed by atoms with Gasteiger partial charge in [-0.2, -0.15) is 0 Å². The molecule has 0 spiro atoms. The summed E-state index contributed by atoms with van der Waals surface area (Å²) in [5.74, 6) is 0.242. The van der Waals surface area contributed by atoms with E-state index in [1.165, 1.54) is 30.2 Å². The van der Waals surface area contributed by atoms with Crippen molar-refractivity contribution in [1.82, 2.24) is 9.55 Å². The maximum absolute atomic E-state index is 13.6. The molecule has 0 saturated carbocycles. The zero-order valence-corrected chi connectivity index (χ0v) is 21.9. The lowest BCUT2D eigenvalue weighted by atomic mass is 10.1. The second-order valence-corrected chi connectivity index (χ2v) is 10.5. The lowest BCUT2D eigenvalue weighted by Crippen LogP contribution is -2.26. The number of benzene rings is 2. The number of ether oxygens (including phenoxy) is 1. The van der Waals surface area contributed by atoms with Crippen molar-refractivity contribution in [3.05, 3.63) is 81.4 Å². The molecule has 1 N–H and O–H groups in total. The molecule has 35 heavy (non-hydrogen) atoms. The van der Waals surface area contributed by atoms with Gasteiger partial charge in [-0.1, -0.05) is 59.3 Å². The van der Waals surface area contributed by atoms with E-state index in [2.05, 4.69) is 11.9 Å². The third kappa shape index (κ3) is 5.29. The summed E-state index contributed by atoms with van der Waals surface area (Å²) in [6, 6.07) is 13.1. The number of aromatic nitrogens is 2. The third-order valence-electron chi connectivity index (χ3n) is 5.40. The summed E-state index contributed by atoms with van der Waals surface area (Å²) in [5.41, 5.74) is 3.30. The molecule has 2 aromatic carbocycles. The highest BCUT2D eigenvalue weighted by Gasteiger charge is 2.22. The lowest BCUT2D eigenvalue weighted by molar-refractivity contribution is -0.115. The minimum absolute atomic E-state index is 0.154. The standard InChI is InChI=1S/C26H24ClN3O3S2/c1-5-12-30-25(32)22-19(17-8-6-15(2)7-9-17)14-34-24(22)29-26(30)35-16(3)23(31)28-20-13-18(27)10-11-21(20)33-4/h5-11,13-14,16H,1,12H2,2-4H3,(H,28,31). The molecule has 1 atom stereocenters. The van der Waals surface area contributed by atoms with Gasteiger partial charge >= 0.3 is 0 Å². The van der Waals surface area contributed by atoms with Gasteiger partial charge in [0, 0.05) is 22.5 Å². The van der Waals surface area contributed by atoms with Crippen LogP contribution in [0.2, 0.25) is 5.02 Å². The van der Waals surface area contributed by atoms with Crippen LogP contribution >= 0.6 is 34.7 Å². The summed E-state index contributed by atoms with van der Waals surface area (Å²) < 4.78 is 6.88. The molecule has 2 heterocycles. The number of carbonyl (C=O) groups excluding carboxylic acids is 1. The topological polar surface area (TPSA) is 73.2 Å². The monoisotopic (exact) mass is 525 g/mol. The normalized spacial score (nSPS) is 11.9. The number of thiophene rings is 1. The Bertz CT molecular complexity index is 1460. The van der Waals surface area contributed by atoms with E-state index in [1.54, 1.807) is 35.8 Å². The molecule has 0 aliphatic carbocycles. The highest BCUT2D eigenvalue weighted by atomic mass is 35.5. The van der Waals surface area contributed by atoms with Crippen molar-refractivity contribution in [1.29, 1.82) is 0 Å². The van der Waals surface area contributed by atoms with Crippen LogP contribution in [-0.2, 0) is 11.3 Å². The van der Waals surface area contributed by atoms with Crippen molar-refractivity contribution >= 4 is 56.5 Å². The van der Waals surface area contributed by atoms with E-state index in [0.717, 1.165) is 16.7 Å². The fourth-order valence-corrected chi connectivity index (χ4v) is 5.63. The van der Waals surface area contributed by atoms with Gasteiger partial charge in [0.15, 0.2) is 5.16 Å². The highest BCUT2D eigenvalue weighted by molar-refractivity contribution is 8.00. The number of allylic oxidation sites excluding steroid dienone is 1. The number of amides is 1. The molecule has 9 heteroatoms. The maximum atomic E-state index is 13.6. The van der Waals surface area contributed by atoms with Crippen LogP contribution in [0.4, 0.5) is 5.69 Å². The van der Waals surface area contributed by atoms with Crippen LogP contribution in [-0.4, -0.2) is 27.8 Å². The van der Waals surface area contributed by atoms with Crippen LogP contribution in [0.1, 0.15) is 12.5 Å². The molecule has 1 unspecified atom stereocenters. The van der Waals surface area contributed by atoms with E-state index in [4.69, 9.17) is 21.3 Å². The molecule has 0 aliphatic heterocycles. The molecule has 1 amide bonds. The summed E-state index contributed by atoms with van der Waals surface area (Å²) in [5, 5.41) is 5.78. The van der Waals surface area contributed by atoms with Crippen molar-refractivity contribution in [2.45, 2.75) is 30.8 Å². The number of carbonyl (C=O) groups is 1. The van der Waals surface area contributed by atoms with E-state index in [9.17, 15) is 9.59 Å². The molecule has 0 radical (unpaired) electrons. The second-order valence-electron chi connectivity index (χ2n) is 7.89. The number of halogens is 1. The Morgan fingerprint density at radius 3 is 2.74 bits per heavy atom. The van der Waals surface area contributed by atoms with Crippen LogP contribution in [0.25, 0.3) is 21.3 Å². The van der Waals surface area contributed by atoms with Crippen LogP contribution < -0.4 is 15.6 Å². The zero-order chi connectivity index (χ0) is 25.1. The van der Waals surface area contributed by atoms with Crippen molar-refractivity contribution in [3.8, 4) is 16.9 Å². The summed E-state index contributed by atoms with van der Waals surface area (Å²) in [4.78, 5) is 31.9. The maximum Gasteiger partial charge on any atom is 0.263 e. The number of hydrogen-bond acceptors (Lipinski definition) is 6. The van der Waals surface area contributed by atoms with E-state index < -0.39 is 5.25 Å². The largest absolute Gasteiger partial charge is 0.495 e. The number of nitrogens with one attached hydrogen (secondary N) is 1. The minimum Gasteiger partial charge on any atom is -0.495 e. The minimum atomic E-state index is -0.546. The molecule has 180 valence electrons. The fraction of sp³-hybridized carbons (Fsp3) is 0.192. The number of anilines is 1. The summed E-state index contributed by atoms with van der Waals surface area (Å²) in [6.45, 7) is 7.86. The Kier molecular flexibility index (Phi) is 7.64. The lowest BCUT2D eigenvalue weighted by Gasteiger charge is -2.16. The van der Waals surface area contributed by atoms with Crippen molar-refractivity contribution in [2.75, 3.05) is 12.4 Å². The van der Waals surface area contributed by atoms with Gasteiger partial charge in [0.25, 0.3) is 5.56 Å². The van der Waals surface area contributed by atoms with Gasteiger partial charge in [-0.3, -0.25) is 14.2 Å². The third-order valence-corrected chi connectivity index (χ3v) is 7.60. The van der Waals surface area contributed by atoms with Gasteiger partial charge in [-0.15, -0.1) is 17.9 Å². The fourth-order valence-electron chi connectivity index (χ4n) is 3.56. The Balaban J connectivity index is 1.67. The van der Waals surface area contributed by atoms with Crippen molar-refractivity contribution in [3.63, 3.8) is 0 Å². The second kappa shape index (κ2) is 10.7. The quantitative estimate of drug-likeness (QED) is 0.164. The number of aryl methyl sites for hydroxylation is 1. The molecule has 0 bridgehead atoms. The Morgan fingerprint density at radius 1 is 1.31 bits per heavy atom. The molecular formula is C26H24ClN3O3S2. The summed E-state index contributed by atoms with van der Waals surface area (Å²) in [7, 11) is 1.52. The van der Waals surface area contributed by atoms with Gasteiger partial charge in [0.1, 0.15) is 10.6 Å². The molecule has 4 aromatic rings.